The molecule has 1 aromatic heterocycles. The van der Waals surface area contributed by atoms with Gasteiger partial charge < -0.3 is 0 Å². The lowest BCUT2D eigenvalue weighted by Crippen LogP contribution is -2.27. The molecule has 0 N–H and O–H groups in total. The van der Waals surface area contributed by atoms with E-state index in [2.05, 4.69) is 31.6 Å². The quantitative estimate of drug-likeness (QED) is 0.787. The maximum Gasteiger partial charge on any atom is 0.0814 e. The number of halogens is 1. The Kier molecular flexibility index (Phi) is 4.53. The van der Waals surface area contributed by atoms with Crippen LogP contribution >= 0.6 is 24.2 Å². The van der Waals surface area contributed by atoms with E-state index in [4.69, 9.17) is 11.6 Å². The zero-order valence-electron chi connectivity index (χ0n) is 9.63. The molecule has 0 radical (unpaired) electrons. The summed E-state index contributed by atoms with van der Waals surface area (Å²) >= 11 is 10.4. The Morgan fingerprint density at radius 3 is 2.40 bits per heavy atom. The number of nitrogens with zero attached hydrogens (tertiary/aromatic N) is 2. The minimum atomic E-state index is 0.241. The van der Waals surface area contributed by atoms with Crippen molar-refractivity contribution >= 4 is 24.2 Å². The zero-order chi connectivity index (χ0) is 11.5. The summed E-state index contributed by atoms with van der Waals surface area (Å²) in [7, 11) is 0. The van der Waals surface area contributed by atoms with E-state index in [0.717, 1.165) is 35.9 Å². The first-order valence-electron chi connectivity index (χ1n) is 5.37. The summed E-state index contributed by atoms with van der Waals surface area (Å²) in [4.78, 5) is 0. The second kappa shape index (κ2) is 5.26. The third-order valence-electron chi connectivity index (χ3n) is 3.22. The molecule has 0 aliphatic carbocycles. The molecule has 0 bridgehead atoms. The number of hydrogen-bond donors (Lipinski definition) is 1. The van der Waals surface area contributed by atoms with Gasteiger partial charge in [-0.15, -0.1) is 0 Å². The van der Waals surface area contributed by atoms with E-state index in [1.54, 1.807) is 0 Å². The van der Waals surface area contributed by atoms with Gasteiger partial charge in [-0.2, -0.15) is 17.7 Å². The molecule has 0 saturated heterocycles. The van der Waals surface area contributed by atoms with Gasteiger partial charge in [0.05, 0.1) is 10.7 Å². The van der Waals surface area contributed by atoms with Crippen molar-refractivity contribution in [3.8, 4) is 0 Å². The predicted molar refractivity (Wildman–Crippen MR) is 68.8 cm³/mol. The number of thiol groups is 1. The van der Waals surface area contributed by atoms with E-state index in [-0.39, 0.29) is 5.41 Å². The topological polar surface area (TPSA) is 17.8 Å². The Labute approximate surface area is 102 Å². The fourth-order valence-corrected chi connectivity index (χ4v) is 2.36. The predicted octanol–water partition coefficient (Wildman–Crippen LogP) is 3.58. The van der Waals surface area contributed by atoms with Crippen molar-refractivity contribution in [1.29, 1.82) is 0 Å². The van der Waals surface area contributed by atoms with Gasteiger partial charge in [-0.25, -0.2) is 0 Å². The van der Waals surface area contributed by atoms with E-state index in [0.29, 0.717) is 0 Å². The minimum Gasteiger partial charge on any atom is -0.270 e. The molecule has 86 valence electrons. The van der Waals surface area contributed by atoms with Gasteiger partial charge in [-0.05, 0) is 30.9 Å². The molecule has 0 amide bonds. The van der Waals surface area contributed by atoms with Crippen LogP contribution in [0.2, 0.25) is 5.02 Å². The van der Waals surface area contributed by atoms with Gasteiger partial charge >= 0.3 is 0 Å². The second-order valence-electron chi connectivity index (χ2n) is 4.13. The summed E-state index contributed by atoms with van der Waals surface area (Å²) in [5.41, 5.74) is 1.14. The standard InChI is InChI=1S/C11H19ClN2S/c1-4-11(5-2,8-15)7-14-6-10(12)9(3)13-14/h6,15H,4-5,7-8H2,1-3H3. The Bertz CT molecular complexity index is 291. The van der Waals surface area contributed by atoms with Crippen molar-refractivity contribution in [1.82, 2.24) is 9.78 Å². The molecule has 1 rings (SSSR count). The Balaban J connectivity index is 2.82. The van der Waals surface area contributed by atoms with Crippen molar-refractivity contribution in [2.75, 3.05) is 5.75 Å². The summed E-state index contributed by atoms with van der Waals surface area (Å²) in [5, 5.41) is 5.14. The minimum absolute atomic E-state index is 0.241. The van der Waals surface area contributed by atoms with Crippen LogP contribution in [0.5, 0.6) is 0 Å². The van der Waals surface area contributed by atoms with Crippen molar-refractivity contribution in [2.45, 2.75) is 40.2 Å². The van der Waals surface area contributed by atoms with Crippen LogP contribution in [-0.2, 0) is 6.54 Å². The van der Waals surface area contributed by atoms with Gasteiger partial charge in [0.2, 0.25) is 0 Å². The molecule has 0 saturated carbocycles. The Hall–Kier alpha value is -0.150. The highest BCUT2D eigenvalue weighted by Crippen LogP contribution is 2.30. The average molecular weight is 247 g/mol. The number of aromatic nitrogens is 2. The molecule has 0 aromatic carbocycles. The molecule has 0 spiro atoms. The van der Waals surface area contributed by atoms with Crippen LogP contribution < -0.4 is 0 Å². The van der Waals surface area contributed by atoms with E-state index in [1.165, 1.54) is 0 Å². The fourth-order valence-electron chi connectivity index (χ4n) is 1.67. The molecule has 1 heterocycles. The van der Waals surface area contributed by atoms with Crippen molar-refractivity contribution < 1.29 is 0 Å². The normalized spacial score (nSPS) is 12.1. The van der Waals surface area contributed by atoms with Crippen LogP contribution in [0.15, 0.2) is 6.20 Å². The molecular weight excluding hydrogens is 228 g/mol. The summed E-state index contributed by atoms with van der Waals surface area (Å²) in [6, 6.07) is 0. The summed E-state index contributed by atoms with van der Waals surface area (Å²) in [6.45, 7) is 7.24. The molecule has 4 heteroatoms. The van der Waals surface area contributed by atoms with Gasteiger partial charge in [0.1, 0.15) is 0 Å². The van der Waals surface area contributed by atoms with Gasteiger partial charge in [0.25, 0.3) is 0 Å². The van der Waals surface area contributed by atoms with Crippen LogP contribution in [0.25, 0.3) is 0 Å². The third-order valence-corrected chi connectivity index (χ3v) is 4.26. The van der Waals surface area contributed by atoms with Crippen LogP contribution in [0.3, 0.4) is 0 Å². The molecule has 0 unspecified atom stereocenters. The maximum atomic E-state index is 5.99. The second-order valence-corrected chi connectivity index (χ2v) is 4.85. The third kappa shape index (κ3) is 2.91. The average Bonchev–Trinajstić information content (AvgIpc) is 2.55. The lowest BCUT2D eigenvalue weighted by molar-refractivity contribution is 0.246. The van der Waals surface area contributed by atoms with Gasteiger partial charge in [0, 0.05) is 12.7 Å². The molecule has 0 fully saturated rings. The number of hydrogen-bond acceptors (Lipinski definition) is 2. The van der Waals surface area contributed by atoms with Crippen molar-refractivity contribution in [3.63, 3.8) is 0 Å². The lowest BCUT2D eigenvalue weighted by atomic mass is 9.84. The first-order valence-corrected chi connectivity index (χ1v) is 6.38. The molecule has 15 heavy (non-hydrogen) atoms. The van der Waals surface area contributed by atoms with Crippen LogP contribution in [0.4, 0.5) is 0 Å². The first kappa shape index (κ1) is 12.9. The van der Waals surface area contributed by atoms with Gasteiger partial charge in [-0.1, -0.05) is 25.4 Å². The fraction of sp³-hybridized carbons (Fsp3) is 0.727. The Morgan fingerprint density at radius 2 is 2.07 bits per heavy atom. The molecule has 0 aliphatic rings. The van der Waals surface area contributed by atoms with E-state index in [9.17, 15) is 0 Å². The maximum absolute atomic E-state index is 5.99. The highest BCUT2D eigenvalue weighted by Gasteiger charge is 2.25. The smallest absolute Gasteiger partial charge is 0.0814 e. The highest BCUT2D eigenvalue weighted by atomic mass is 35.5. The van der Waals surface area contributed by atoms with Gasteiger partial charge in [0.15, 0.2) is 0 Å². The number of rotatable bonds is 5. The highest BCUT2D eigenvalue weighted by molar-refractivity contribution is 7.80. The molecule has 0 atom stereocenters. The Morgan fingerprint density at radius 1 is 1.47 bits per heavy atom. The molecule has 0 aliphatic heterocycles. The van der Waals surface area contributed by atoms with Crippen molar-refractivity contribution in [3.05, 3.63) is 16.9 Å². The van der Waals surface area contributed by atoms with E-state index >= 15 is 0 Å². The molecule has 1 aromatic rings. The van der Waals surface area contributed by atoms with Crippen molar-refractivity contribution in [2.24, 2.45) is 5.41 Å². The monoisotopic (exact) mass is 246 g/mol. The van der Waals surface area contributed by atoms with E-state index < -0.39 is 0 Å². The van der Waals surface area contributed by atoms with Crippen LogP contribution in [0.1, 0.15) is 32.4 Å². The summed E-state index contributed by atoms with van der Waals surface area (Å²) < 4.78 is 1.95. The van der Waals surface area contributed by atoms with Gasteiger partial charge in [-0.3, -0.25) is 4.68 Å². The zero-order valence-corrected chi connectivity index (χ0v) is 11.3. The van der Waals surface area contributed by atoms with E-state index in [1.807, 2.05) is 17.8 Å². The van der Waals surface area contributed by atoms with Crippen LogP contribution in [0, 0.1) is 12.3 Å². The first-order chi connectivity index (χ1) is 7.06. The number of aryl methyl sites for hydroxylation is 1. The SMILES string of the molecule is CCC(CC)(CS)Cn1cc(Cl)c(C)n1. The summed E-state index contributed by atoms with van der Waals surface area (Å²) in [5.74, 6) is 0.885. The molecular formula is C11H19ClN2S. The lowest BCUT2D eigenvalue weighted by Gasteiger charge is -2.29. The largest absolute Gasteiger partial charge is 0.270 e. The van der Waals surface area contributed by atoms with Crippen LogP contribution in [-0.4, -0.2) is 15.5 Å². The molecule has 2 nitrogen and oxygen atoms in total. The summed E-state index contributed by atoms with van der Waals surface area (Å²) in [6.07, 6.45) is 4.13.